The normalized spacial score (nSPS) is 14.3. The Bertz CT molecular complexity index is 452. The van der Waals surface area contributed by atoms with Crippen LogP contribution in [-0.4, -0.2) is 32.8 Å². The minimum Gasteiger partial charge on any atom is -0.388 e. The highest BCUT2D eigenvalue weighted by atomic mass is 16.3. The van der Waals surface area contributed by atoms with E-state index in [9.17, 15) is 9.90 Å². The molecule has 0 aliphatic carbocycles. The SMILES string of the molecule is CC(C)Cn1ccnc1CNC(=O)NCC(C)(O)C(C)C. The summed E-state index contributed by atoms with van der Waals surface area (Å²) >= 11 is 0. The van der Waals surface area contributed by atoms with Crippen LogP contribution >= 0.6 is 0 Å². The lowest BCUT2D eigenvalue weighted by atomic mass is 9.93. The average molecular weight is 296 g/mol. The number of carbonyl (C=O) groups is 1. The Morgan fingerprint density at radius 1 is 1.38 bits per heavy atom. The van der Waals surface area contributed by atoms with Crippen LogP contribution in [0.25, 0.3) is 0 Å². The molecule has 0 aromatic carbocycles. The van der Waals surface area contributed by atoms with Crippen molar-refractivity contribution in [3.8, 4) is 0 Å². The largest absolute Gasteiger partial charge is 0.388 e. The number of rotatable bonds is 7. The van der Waals surface area contributed by atoms with Crippen molar-refractivity contribution in [2.45, 2.75) is 53.3 Å². The van der Waals surface area contributed by atoms with Crippen LogP contribution in [0.3, 0.4) is 0 Å². The lowest BCUT2D eigenvalue weighted by Gasteiger charge is -2.27. The van der Waals surface area contributed by atoms with Gasteiger partial charge in [-0.25, -0.2) is 9.78 Å². The summed E-state index contributed by atoms with van der Waals surface area (Å²) in [7, 11) is 0. The smallest absolute Gasteiger partial charge is 0.315 e. The van der Waals surface area contributed by atoms with Gasteiger partial charge < -0.3 is 20.3 Å². The first-order valence-corrected chi connectivity index (χ1v) is 7.46. The molecular formula is C15H28N4O2. The number of aliphatic hydroxyl groups is 1. The quantitative estimate of drug-likeness (QED) is 0.717. The van der Waals surface area contributed by atoms with E-state index in [0.29, 0.717) is 12.5 Å². The van der Waals surface area contributed by atoms with Gasteiger partial charge in [0, 0.05) is 25.5 Å². The topological polar surface area (TPSA) is 79.2 Å². The second-order valence-electron chi connectivity index (χ2n) is 6.44. The first-order chi connectivity index (χ1) is 9.72. The van der Waals surface area contributed by atoms with Gasteiger partial charge in [0.25, 0.3) is 0 Å². The lowest BCUT2D eigenvalue weighted by Crippen LogP contribution is -2.47. The van der Waals surface area contributed by atoms with E-state index in [4.69, 9.17) is 0 Å². The van der Waals surface area contributed by atoms with Gasteiger partial charge in [-0.05, 0) is 18.8 Å². The van der Waals surface area contributed by atoms with Crippen LogP contribution in [0.2, 0.25) is 0 Å². The molecule has 1 aromatic rings. The number of amides is 2. The number of imidazole rings is 1. The lowest BCUT2D eigenvalue weighted by molar-refractivity contribution is 0.0166. The molecule has 0 aliphatic rings. The van der Waals surface area contributed by atoms with Crippen molar-refractivity contribution in [3.63, 3.8) is 0 Å². The molecule has 0 fully saturated rings. The summed E-state index contributed by atoms with van der Waals surface area (Å²) in [6.07, 6.45) is 3.65. The molecule has 0 spiro atoms. The molecule has 2 amide bonds. The summed E-state index contributed by atoms with van der Waals surface area (Å²) in [5.41, 5.74) is -0.909. The fraction of sp³-hybridized carbons (Fsp3) is 0.733. The first kappa shape index (κ1) is 17.5. The fourth-order valence-electron chi connectivity index (χ4n) is 1.75. The maximum atomic E-state index is 11.8. The third-order valence-electron chi connectivity index (χ3n) is 3.62. The van der Waals surface area contributed by atoms with Crippen molar-refractivity contribution in [1.29, 1.82) is 0 Å². The summed E-state index contributed by atoms with van der Waals surface area (Å²) in [6, 6.07) is -0.296. The maximum absolute atomic E-state index is 11.8. The second-order valence-corrected chi connectivity index (χ2v) is 6.44. The highest BCUT2D eigenvalue weighted by Gasteiger charge is 2.25. The van der Waals surface area contributed by atoms with Crippen LogP contribution in [0.1, 0.15) is 40.4 Å². The summed E-state index contributed by atoms with van der Waals surface area (Å²) < 4.78 is 2.04. The standard InChI is InChI=1S/C15H28N4O2/c1-11(2)9-19-7-6-16-13(19)8-17-14(20)18-10-15(5,21)12(3)4/h6-7,11-12,21H,8-10H2,1-5H3,(H2,17,18,20). The number of hydrogen-bond donors (Lipinski definition) is 3. The van der Waals surface area contributed by atoms with Crippen molar-refractivity contribution < 1.29 is 9.90 Å². The van der Waals surface area contributed by atoms with E-state index in [1.165, 1.54) is 0 Å². The number of urea groups is 1. The van der Waals surface area contributed by atoms with Crippen LogP contribution in [0, 0.1) is 11.8 Å². The van der Waals surface area contributed by atoms with Gasteiger partial charge in [0.15, 0.2) is 0 Å². The van der Waals surface area contributed by atoms with Gasteiger partial charge >= 0.3 is 6.03 Å². The van der Waals surface area contributed by atoms with Crippen LogP contribution in [0.5, 0.6) is 0 Å². The molecule has 1 aromatic heterocycles. The van der Waals surface area contributed by atoms with Crippen LogP contribution in [0.15, 0.2) is 12.4 Å². The molecule has 0 radical (unpaired) electrons. The summed E-state index contributed by atoms with van der Waals surface area (Å²) in [5, 5.41) is 15.5. The first-order valence-electron chi connectivity index (χ1n) is 7.46. The van der Waals surface area contributed by atoms with Gasteiger partial charge in [0.1, 0.15) is 5.82 Å². The molecule has 6 heteroatoms. The predicted molar refractivity (Wildman–Crippen MR) is 82.8 cm³/mol. The molecule has 21 heavy (non-hydrogen) atoms. The van der Waals surface area contributed by atoms with Crippen LogP contribution in [-0.2, 0) is 13.1 Å². The fourth-order valence-corrected chi connectivity index (χ4v) is 1.75. The van der Waals surface area contributed by atoms with E-state index in [0.717, 1.165) is 12.4 Å². The predicted octanol–water partition coefficient (Wildman–Crippen LogP) is 1.75. The molecule has 0 aliphatic heterocycles. The van der Waals surface area contributed by atoms with E-state index in [1.54, 1.807) is 13.1 Å². The van der Waals surface area contributed by atoms with E-state index in [1.807, 2.05) is 24.6 Å². The second kappa shape index (κ2) is 7.45. The van der Waals surface area contributed by atoms with Crippen LogP contribution < -0.4 is 10.6 Å². The molecule has 0 saturated carbocycles. The van der Waals surface area contributed by atoms with Crippen LogP contribution in [0.4, 0.5) is 4.79 Å². The summed E-state index contributed by atoms with van der Waals surface area (Å²) in [4.78, 5) is 16.0. The molecule has 1 rings (SSSR count). The third kappa shape index (κ3) is 5.75. The Balaban J connectivity index is 2.42. The van der Waals surface area contributed by atoms with Gasteiger partial charge in [-0.3, -0.25) is 0 Å². The zero-order valence-corrected chi connectivity index (χ0v) is 13.7. The van der Waals surface area contributed by atoms with Gasteiger partial charge in [-0.15, -0.1) is 0 Å². The van der Waals surface area contributed by atoms with E-state index >= 15 is 0 Å². The summed E-state index contributed by atoms with van der Waals surface area (Å²) in [6.45, 7) is 11.3. The molecule has 120 valence electrons. The molecule has 0 bridgehead atoms. The molecule has 1 unspecified atom stereocenters. The van der Waals surface area contributed by atoms with Gasteiger partial charge in [-0.1, -0.05) is 27.7 Å². The Morgan fingerprint density at radius 3 is 2.62 bits per heavy atom. The van der Waals surface area contributed by atoms with Crippen molar-refractivity contribution in [3.05, 3.63) is 18.2 Å². The average Bonchev–Trinajstić information content (AvgIpc) is 2.80. The molecule has 3 N–H and O–H groups in total. The number of carbonyl (C=O) groups excluding carboxylic acids is 1. The molecular weight excluding hydrogens is 268 g/mol. The Morgan fingerprint density at radius 2 is 2.05 bits per heavy atom. The Labute approximate surface area is 127 Å². The van der Waals surface area contributed by atoms with Gasteiger partial charge in [0.2, 0.25) is 0 Å². The van der Waals surface area contributed by atoms with Crippen molar-refractivity contribution in [1.82, 2.24) is 20.2 Å². The Hall–Kier alpha value is -1.56. The minimum absolute atomic E-state index is 0.0720. The van der Waals surface area contributed by atoms with Gasteiger partial charge in [0.05, 0.1) is 12.1 Å². The molecule has 1 heterocycles. The third-order valence-corrected chi connectivity index (χ3v) is 3.62. The minimum atomic E-state index is -0.909. The molecule has 0 saturated heterocycles. The zero-order valence-electron chi connectivity index (χ0n) is 13.7. The number of nitrogens with one attached hydrogen (secondary N) is 2. The van der Waals surface area contributed by atoms with Crippen molar-refractivity contribution in [2.75, 3.05) is 6.54 Å². The monoisotopic (exact) mass is 296 g/mol. The Kier molecular flexibility index (Phi) is 6.20. The van der Waals surface area contributed by atoms with Gasteiger partial charge in [-0.2, -0.15) is 0 Å². The molecule has 1 atom stereocenters. The number of nitrogens with zero attached hydrogens (tertiary/aromatic N) is 2. The van der Waals surface area contributed by atoms with Crippen molar-refractivity contribution in [2.24, 2.45) is 11.8 Å². The maximum Gasteiger partial charge on any atom is 0.315 e. The summed E-state index contributed by atoms with van der Waals surface area (Å²) in [5.74, 6) is 1.42. The highest BCUT2D eigenvalue weighted by Crippen LogP contribution is 2.14. The zero-order chi connectivity index (χ0) is 16.0. The number of aromatic nitrogens is 2. The van der Waals surface area contributed by atoms with E-state index in [-0.39, 0.29) is 18.5 Å². The van der Waals surface area contributed by atoms with Crippen molar-refractivity contribution >= 4 is 6.03 Å². The van der Waals surface area contributed by atoms with E-state index in [2.05, 4.69) is 29.5 Å². The number of hydrogen-bond acceptors (Lipinski definition) is 3. The van der Waals surface area contributed by atoms with E-state index < -0.39 is 5.60 Å². The highest BCUT2D eigenvalue weighted by molar-refractivity contribution is 5.73. The molecule has 6 nitrogen and oxygen atoms in total.